The summed E-state index contributed by atoms with van der Waals surface area (Å²) in [6.45, 7) is 0.969. The molecule has 130 valence electrons. The van der Waals surface area contributed by atoms with Crippen molar-refractivity contribution < 1.29 is 14.0 Å². The number of carbonyl (C=O) groups excluding carboxylic acids is 2. The molecule has 0 saturated carbocycles. The van der Waals surface area contributed by atoms with E-state index < -0.39 is 0 Å². The number of fused-ring (bicyclic) bond motifs is 1. The van der Waals surface area contributed by atoms with Crippen molar-refractivity contribution in [3.63, 3.8) is 0 Å². The molecule has 2 heterocycles. The molecular weight excluding hydrogens is 328 g/mol. The maximum Gasteiger partial charge on any atom is 0.258 e. The monoisotopic (exact) mass is 346 g/mol. The molecule has 26 heavy (non-hydrogen) atoms. The zero-order chi connectivity index (χ0) is 17.9. The third kappa shape index (κ3) is 3.11. The fourth-order valence-electron chi connectivity index (χ4n) is 3.18. The van der Waals surface area contributed by atoms with Crippen LogP contribution in [0.25, 0.3) is 0 Å². The van der Waals surface area contributed by atoms with Crippen molar-refractivity contribution in [2.75, 3.05) is 11.4 Å². The number of hydrogen-bond donors (Lipinski definition) is 1. The molecule has 0 spiro atoms. The van der Waals surface area contributed by atoms with Crippen LogP contribution in [0.4, 0.5) is 5.69 Å². The van der Waals surface area contributed by atoms with Crippen molar-refractivity contribution in [1.29, 1.82) is 0 Å². The van der Waals surface area contributed by atoms with Crippen molar-refractivity contribution in [1.82, 2.24) is 5.32 Å². The molecule has 0 fully saturated rings. The average molecular weight is 346 g/mol. The van der Waals surface area contributed by atoms with E-state index in [9.17, 15) is 9.59 Å². The Kier molecular flexibility index (Phi) is 4.27. The molecule has 0 aliphatic carbocycles. The van der Waals surface area contributed by atoms with Crippen LogP contribution in [0.15, 0.2) is 71.3 Å². The van der Waals surface area contributed by atoms with Crippen LogP contribution < -0.4 is 10.2 Å². The highest BCUT2D eigenvalue weighted by Gasteiger charge is 2.25. The SMILES string of the molecule is O=C(NCc1ccco1)c1cccc(C(=O)N2CCc3ccccc32)c1. The number of para-hydroxylation sites is 1. The Morgan fingerprint density at radius 2 is 1.85 bits per heavy atom. The topological polar surface area (TPSA) is 62.6 Å². The molecule has 1 aliphatic rings. The minimum atomic E-state index is -0.238. The molecule has 0 bridgehead atoms. The lowest BCUT2D eigenvalue weighted by atomic mass is 10.1. The van der Waals surface area contributed by atoms with E-state index in [-0.39, 0.29) is 11.8 Å². The smallest absolute Gasteiger partial charge is 0.258 e. The molecule has 0 unspecified atom stereocenters. The molecular formula is C21H18N2O3. The maximum atomic E-state index is 12.9. The quantitative estimate of drug-likeness (QED) is 0.787. The highest BCUT2D eigenvalue weighted by Crippen LogP contribution is 2.28. The minimum absolute atomic E-state index is 0.0874. The first-order valence-electron chi connectivity index (χ1n) is 8.53. The van der Waals surface area contributed by atoms with E-state index in [2.05, 4.69) is 5.32 Å². The van der Waals surface area contributed by atoms with Gasteiger partial charge in [0.1, 0.15) is 5.76 Å². The van der Waals surface area contributed by atoms with Crippen molar-refractivity contribution in [3.8, 4) is 0 Å². The normalized spacial score (nSPS) is 12.7. The van der Waals surface area contributed by atoms with Crippen LogP contribution in [-0.2, 0) is 13.0 Å². The maximum absolute atomic E-state index is 12.9. The number of anilines is 1. The predicted octanol–water partition coefficient (Wildman–Crippen LogP) is 3.41. The predicted molar refractivity (Wildman–Crippen MR) is 98.1 cm³/mol. The van der Waals surface area contributed by atoms with Crippen LogP contribution >= 0.6 is 0 Å². The second-order valence-corrected chi connectivity index (χ2v) is 6.18. The van der Waals surface area contributed by atoms with Crippen LogP contribution in [0.1, 0.15) is 32.0 Å². The minimum Gasteiger partial charge on any atom is -0.467 e. The number of furan rings is 1. The summed E-state index contributed by atoms with van der Waals surface area (Å²) in [7, 11) is 0. The lowest BCUT2D eigenvalue weighted by molar-refractivity contribution is 0.0948. The van der Waals surface area contributed by atoms with E-state index in [4.69, 9.17) is 4.42 Å². The second kappa shape index (κ2) is 6.88. The molecule has 2 amide bonds. The van der Waals surface area contributed by atoms with E-state index in [1.807, 2.05) is 24.3 Å². The molecule has 5 nitrogen and oxygen atoms in total. The third-order valence-corrected chi connectivity index (χ3v) is 4.51. The van der Waals surface area contributed by atoms with Gasteiger partial charge in [-0.25, -0.2) is 0 Å². The Hall–Kier alpha value is -3.34. The lowest BCUT2D eigenvalue weighted by Crippen LogP contribution is -2.29. The fraction of sp³-hybridized carbons (Fsp3) is 0.143. The lowest BCUT2D eigenvalue weighted by Gasteiger charge is -2.17. The van der Waals surface area contributed by atoms with Crippen molar-refractivity contribution in [3.05, 3.63) is 89.4 Å². The number of benzene rings is 2. The van der Waals surface area contributed by atoms with Crippen LogP contribution in [0, 0.1) is 0 Å². The van der Waals surface area contributed by atoms with E-state index in [1.165, 1.54) is 5.56 Å². The second-order valence-electron chi connectivity index (χ2n) is 6.18. The first-order valence-corrected chi connectivity index (χ1v) is 8.53. The van der Waals surface area contributed by atoms with Crippen molar-refractivity contribution in [2.45, 2.75) is 13.0 Å². The number of amides is 2. The Morgan fingerprint density at radius 1 is 1.00 bits per heavy atom. The van der Waals surface area contributed by atoms with Gasteiger partial charge in [0.2, 0.25) is 0 Å². The van der Waals surface area contributed by atoms with E-state index in [1.54, 1.807) is 47.6 Å². The highest BCUT2D eigenvalue weighted by molar-refractivity contribution is 6.08. The van der Waals surface area contributed by atoms with Gasteiger partial charge in [-0.3, -0.25) is 9.59 Å². The van der Waals surface area contributed by atoms with Gasteiger partial charge < -0.3 is 14.6 Å². The van der Waals surface area contributed by atoms with E-state index >= 15 is 0 Å². The zero-order valence-corrected chi connectivity index (χ0v) is 14.1. The Labute approximate surface area is 151 Å². The molecule has 0 saturated heterocycles. The van der Waals surface area contributed by atoms with Crippen LogP contribution in [0.3, 0.4) is 0 Å². The zero-order valence-electron chi connectivity index (χ0n) is 14.1. The molecule has 0 radical (unpaired) electrons. The van der Waals surface area contributed by atoms with Crippen LogP contribution in [0.5, 0.6) is 0 Å². The molecule has 0 atom stereocenters. The van der Waals surface area contributed by atoms with Gasteiger partial charge in [0.25, 0.3) is 11.8 Å². The Morgan fingerprint density at radius 3 is 2.69 bits per heavy atom. The standard InChI is InChI=1S/C21H18N2O3/c24-20(22-14-18-8-4-12-26-18)16-6-3-7-17(13-16)21(25)23-11-10-15-5-1-2-9-19(15)23/h1-9,12-13H,10-11,14H2,(H,22,24). The number of hydrogen-bond acceptors (Lipinski definition) is 3. The number of rotatable bonds is 4. The first-order chi connectivity index (χ1) is 12.7. The number of carbonyl (C=O) groups is 2. The van der Waals surface area contributed by atoms with Gasteiger partial charge in [-0.05, 0) is 48.4 Å². The Balaban J connectivity index is 1.50. The summed E-state index contributed by atoms with van der Waals surface area (Å²) in [5.41, 5.74) is 3.08. The summed E-state index contributed by atoms with van der Waals surface area (Å²) in [5.74, 6) is 0.354. The molecule has 1 aliphatic heterocycles. The summed E-state index contributed by atoms with van der Waals surface area (Å²) in [4.78, 5) is 27.0. The van der Waals surface area contributed by atoms with E-state index in [0.717, 1.165) is 12.1 Å². The molecule has 4 rings (SSSR count). The third-order valence-electron chi connectivity index (χ3n) is 4.51. The van der Waals surface area contributed by atoms with Gasteiger partial charge in [-0.1, -0.05) is 24.3 Å². The average Bonchev–Trinajstić information content (AvgIpc) is 3.35. The Bertz CT molecular complexity index is 947. The molecule has 3 aromatic rings. The molecule has 5 heteroatoms. The van der Waals surface area contributed by atoms with Gasteiger partial charge in [0, 0.05) is 23.4 Å². The summed E-state index contributed by atoms with van der Waals surface area (Å²) >= 11 is 0. The van der Waals surface area contributed by atoms with E-state index in [0.29, 0.717) is 30.0 Å². The highest BCUT2D eigenvalue weighted by atomic mass is 16.3. The van der Waals surface area contributed by atoms with Gasteiger partial charge in [0.15, 0.2) is 0 Å². The summed E-state index contributed by atoms with van der Waals surface area (Å²) in [6.07, 6.45) is 2.42. The summed E-state index contributed by atoms with van der Waals surface area (Å²) in [6, 6.07) is 18.3. The summed E-state index contributed by atoms with van der Waals surface area (Å²) < 4.78 is 5.21. The van der Waals surface area contributed by atoms with Gasteiger partial charge in [-0.2, -0.15) is 0 Å². The summed E-state index contributed by atoms with van der Waals surface area (Å²) in [5, 5.41) is 2.80. The van der Waals surface area contributed by atoms with Crippen LogP contribution in [0.2, 0.25) is 0 Å². The fourth-order valence-corrected chi connectivity index (χ4v) is 3.18. The molecule has 2 aromatic carbocycles. The number of nitrogens with one attached hydrogen (secondary N) is 1. The molecule has 1 N–H and O–H groups in total. The van der Waals surface area contributed by atoms with Crippen molar-refractivity contribution in [2.24, 2.45) is 0 Å². The molecule has 1 aromatic heterocycles. The van der Waals surface area contributed by atoms with Gasteiger partial charge >= 0.3 is 0 Å². The van der Waals surface area contributed by atoms with Gasteiger partial charge in [-0.15, -0.1) is 0 Å². The number of nitrogens with zero attached hydrogens (tertiary/aromatic N) is 1. The largest absolute Gasteiger partial charge is 0.467 e. The first kappa shape index (κ1) is 16.1. The van der Waals surface area contributed by atoms with Crippen LogP contribution in [-0.4, -0.2) is 18.4 Å². The van der Waals surface area contributed by atoms with Gasteiger partial charge in [0.05, 0.1) is 12.8 Å². The van der Waals surface area contributed by atoms with Crippen molar-refractivity contribution >= 4 is 17.5 Å².